The predicted molar refractivity (Wildman–Crippen MR) is 81.1 cm³/mol. The van der Waals surface area contributed by atoms with Gasteiger partial charge in [0.25, 0.3) is 0 Å². The summed E-state index contributed by atoms with van der Waals surface area (Å²) in [6, 6.07) is 6.35. The second-order valence-electron chi connectivity index (χ2n) is 5.63. The highest BCUT2D eigenvalue weighted by atomic mass is 32.2. The Bertz CT molecular complexity index is 662. The molecule has 5 nitrogen and oxygen atoms in total. The summed E-state index contributed by atoms with van der Waals surface area (Å²) in [5.41, 5.74) is 7.03. The molecular formula is C15H21N3O2S. The first-order valence-corrected chi connectivity index (χ1v) is 8.60. The van der Waals surface area contributed by atoms with Gasteiger partial charge < -0.3 is 5.73 Å². The molecule has 1 aromatic carbocycles. The number of nitrogens with zero attached hydrogens (tertiary/aromatic N) is 2. The molecule has 0 bridgehead atoms. The molecule has 2 N–H and O–H groups in total. The van der Waals surface area contributed by atoms with Gasteiger partial charge in [0.2, 0.25) is 10.0 Å². The zero-order valence-electron chi connectivity index (χ0n) is 12.4. The van der Waals surface area contributed by atoms with Crippen LogP contribution in [0.3, 0.4) is 0 Å². The highest BCUT2D eigenvalue weighted by molar-refractivity contribution is 7.89. The molecule has 21 heavy (non-hydrogen) atoms. The molecule has 0 saturated carbocycles. The summed E-state index contributed by atoms with van der Waals surface area (Å²) in [6.45, 7) is 4.08. The van der Waals surface area contributed by atoms with E-state index in [0.717, 1.165) is 19.3 Å². The van der Waals surface area contributed by atoms with Gasteiger partial charge in [-0.15, -0.1) is 0 Å². The van der Waals surface area contributed by atoms with Gasteiger partial charge in [0.15, 0.2) is 0 Å². The van der Waals surface area contributed by atoms with Crippen LogP contribution in [0.5, 0.6) is 0 Å². The predicted octanol–water partition coefficient (Wildman–Crippen LogP) is 1.76. The molecule has 0 aliphatic carbocycles. The molecule has 1 fully saturated rings. The van der Waals surface area contributed by atoms with E-state index < -0.39 is 10.0 Å². The average molecular weight is 307 g/mol. The first-order chi connectivity index (χ1) is 9.87. The molecule has 0 unspecified atom stereocenters. The number of hydrogen-bond donors (Lipinski definition) is 1. The molecule has 1 aliphatic rings. The summed E-state index contributed by atoms with van der Waals surface area (Å²) in [6.07, 6.45) is 2.66. The number of aryl methyl sites for hydroxylation is 1. The normalized spacial score (nSPS) is 21.7. The van der Waals surface area contributed by atoms with Crippen molar-refractivity contribution in [2.75, 3.05) is 6.54 Å². The number of nitriles is 1. The summed E-state index contributed by atoms with van der Waals surface area (Å²) in [7, 11) is -3.57. The minimum atomic E-state index is -3.57. The molecule has 1 aromatic rings. The van der Waals surface area contributed by atoms with Gasteiger partial charge in [0.1, 0.15) is 0 Å². The second kappa shape index (κ2) is 6.14. The van der Waals surface area contributed by atoms with Crippen molar-refractivity contribution in [2.24, 2.45) is 5.73 Å². The minimum Gasteiger partial charge on any atom is -0.326 e. The molecule has 114 valence electrons. The van der Waals surface area contributed by atoms with Crippen LogP contribution in [0.15, 0.2) is 23.1 Å². The van der Waals surface area contributed by atoms with Crippen molar-refractivity contribution in [1.82, 2.24) is 4.31 Å². The molecule has 0 radical (unpaired) electrons. The van der Waals surface area contributed by atoms with Gasteiger partial charge in [0, 0.05) is 18.6 Å². The van der Waals surface area contributed by atoms with E-state index in [2.05, 4.69) is 0 Å². The fourth-order valence-electron chi connectivity index (χ4n) is 2.89. The summed E-state index contributed by atoms with van der Waals surface area (Å²) < 4.78 is 27.4. The second-order valence-corrected chi connectivity index (χ2v) is 7.49. The van der Waals surface area contributed by atoms with Crippen molar-refractivity contribution >= 4 is 10.0 Å². The molecule has 0 amide bonds. The van der Waals surface area contributed by atoms with Crippen LogP contribution in [0.25, 0.3) is 0 Å². The van der Waals surface area contributed by atoms with E-state index in [9.17, 15) is 8.42 Å². The van der Waals surface area contributed by atoms with Crippen LogP contribution < -0.4 is 5.73 Å². The Morgan fingerprint density at radius 1 is 1.43 bits per heavy atom. The van der Waals surface area contributed by atoms with Crippen molar-refractivity contribution < 1.29 is 8.42 Å². The maximum absolute atomic E-state index is 12.9. The maximum atomic E-state index is 12.9. The van der Waals surface area contributed by atoms with Crippen LogP contribution in [0.4, 0.5) is 0 Å². The van der Waals surface area contributed by atoms with E-state index in [4.69, 9.17) is 11.0 Å². The van der Waals surface area contributed by atoms with Gasteiger partial charge in [-0.2, -0.15) is 9.57 Å². The van der Waals surface area contributed by atoms with Gasteiger partial charge in [-0.25, -0.2) is 8.42 Å². The molecule has 6 heteroatoms. The quantitative estimate of drug-likeness (QED) is 0.921. The molecule has 0 spiro atoms. The standard InChI is InChI=1S/C15H21N3O2S/c1-11-9-13(10-16)6-7-15(11)21(19,20)18-8-4-3-5-14(18)12(2)17/h6-7,9,12,14H,3-5,8,17H2,1-2H3/t12-,14-/m1/s1. The van der Waals surface area contributed by atoms with E-state index in [0.29, 0.717) is 17.7 Å². The summed E-state index contributed by atoms with van der Waals surface area (Å²) in [5, 5.41) is 8.89. The number of sulfonamides is 1. The first kappa shape index (κ1) is 16.0. The first-order valence-electron chi connectivity index (χ1n) is 7.16. The molecule has 0 aromatic heterocycles. The Labute approximate surface area is 126 Å². The molecular weight excluding hydrogens is 286 g/mol. The Balaban J connectivity index is 2.43. The van der Waals surface area contributed by atoms with Crippen LogP contribution >= 0.6 is 0 Å². The monoisotopic (exact) mass is 307 g/mol. The maximum Gasteiger partial charge on any atom is 0.243 e. The van der Waals surface area contributed by atoms with Crippen LogP contribution in [-0.2, 0) is 10.0 Å². The molecule has 1 heterocycles. The highest BCUT2D eigenvalue weighted by Crippen LogP contribution is 2.28. The third-order valence-electron chi connectivity index (χ3n) is 4.00. The van der Waals surface area contributed by atoms with Crippen molar-refractivity contribution in [3.8, 4) is 6.07 Å². The van der Waals surface area contributed by atoms with E-state index in [-0.39, 0.29) is 17.0 Å². The molecule has 1 aliphatic heterocycles. The summed E-state index contributed by atoms with van der Waals surface area (Å²) in [5.74, 6) is 0. The van der Waals surface area contributed by atoms with Crippen LogP contribution in [-0.4, -0.2) is 31.4 Å². The molecule has 1 saturated heterocycles. The largest absolute Gasteiger partial charge is 0.326 e. The third-order valence-corrected chi connectivity index (χ3v) is 6.08. The fourth-order valence-corrected chi connectivity index (χ4v) is 4.87. The lowest BCUT2D eigenvalue weighted by Crippen LogP contribution is -2.51. The SMILES string of the molecule is Cc1cc(C#N)ccc1S(=O)(=O)N1CCCC[C@@H]1[C@@H](C)N. The Morgan fingerprint density at radius 3 is 2.71 bits per heavy atom. The average Bonchev–Trinajstić information content (AvgIpc) is 2.46. The fraction of sp³-hybridized carbons (Fsp3) is 0.533. The van der Waals surface area contributed by atoms with Crippen molar-refractivity contribution in [2.45, 2.75) is 50.1 Å². The van der Waals surface area contributed by atoms with Crippen LogP contribution in [0.2, 0.25) is 0 Å². The van der Waals surface area contributed by atoms with E-state index in [1.54, 1.807) is 19.1 Å². The van der Waals surface area contributed by atoms with E-state index in [1.807, 2.05) is 13.0 Å². The van der Waals surface area contributed by atoms with Gasteiger partial charge >= 0.3 is 0 Å². The lowest BCUT2D eigenvalue weighted by Gasteiger charge is -2.37. The Kier molecular flexibility index (Phi) is 4.67. The van der Waals surface area contributed by atoms with Gasteiger partial charge in [-0.05, 0) is 50.5 Å². The van der Waals surface area contributed by atoms with E-state index in [1.165, 1.54) is 10.4 Å². The van der Waals surface area contributed by atoms with Crippen LogP contribution in [0, 0.1) is 18.3 Å². The van der Waals surface area contributed by atoms with Crippen molar-refractivity contribution in [3.05, 3.63) is 29.3 Å². The summed E-state index contributed by atoms with van der Waals surface area (Å²) in [4.78, 5) is 0.272. The smallest absolute Gasteiger partial charge is 0.243 e. The topological polar surface area (TPSA) is 87.2 Å². The highest BCUT2D eigenvalue weighted by Gasteiger charge is 2.35. The summed E-state index contributed by atoms with van der Waals surface area (Å²) >= 11 is 0. The minimum absolute atomic E-state index is 0.154. The number of benzene rings is 1. The van der Waals surface area contributed by atoms with Gasteiger partial charge in [-0.1, -0.05) is 6.42 Å². The third kappa shape index (κ3) is 3.10. The number of nitrogens with two attached hydrogens (primary N) is 1. The number of piperidine rings is 1. The zero-order chi connectivity index (χ0) is 15.6. The zero-order valence-corrected chi connectivity index (χ0v) is 13.2. The lowest BCUT2D eigenvalue weighted by molar-refractivity contribution is 0.227. The van der Waals surface area contributed by atoms with Gasteiger partial charge in [0.05, 0.1) is 16.5 Å². The molecule has 2 rings (SSSR count). The number of rotatable bonds is 3. The van der Waals surface area contributed by atoms with Crippen molar-refractivity contribution in [1.29, 1.82) is 5.26 Å². The van der Waals surface area contributed by atoms with Crippen molar-refractivity contribution in [3.63, 3.8) is 0 Å². The lowest BCUT2D eigenvalue weighted by atomic mass is 10.00. The number of hydrogen-bond acceptors (Lipinski definition) is 4. The Morgan fingerprint density at radius 2 is 2.14 bits per heavy atom. The van der Waals surface area contributed by atoms with Crippen LogP contribution in [0.1, 0.15) is 37.3 Å². The van der Waals surface area contributed by atoms with E-state index >= 15 is 0 Å². The molecule has 2 atom stereocenters. The van der Waals surface area contributed by atoms with Gasteiger partial charge in [-0.3, -0.25) is 0 Å². The Hall–Kier alpha value is -1.42.